The molecular weight excluding hydrogens is 228 g/mol. The number of hydrogen-bond acceptors (Lipinski definition) is 4. The number of piperidine rings is 1. The Morgan fingerprint density at radius 3 is 3.06 bits per heavy atom. The van der Waals surface area contributed by atoms with Crippen LogP contribution in [0.25, 0.3) is 0 Å². The first-order valence-electron chi connectivity index (χ1n) is 6.48. The number of rotatable bonds is 3. The summed E-state index contributed by atoms with van der Waals surface area (Å²) >= 11 is 0. The minimum absolute atomic E-state index is 0.0592. The van der Waals surface area contributed by atoms with Gasteiger partial charge in [-0.1, -0.05) is 6.07 Å². The fraction of sp³-hybridized carbons (Fsp3) is 0.571. The second-order valence-electron chi connectivity index (χ2n) is 4.77. The molecule has 1 fully saturated rings. The summed E-state index contributed by atoms with van der Waals surface area (Å²) in [6, 6.07) is 5.87. The molecule has 2 atom stereocenters. The molecule has 4 heteroatoms. The van der Waals surface area contributed by atoms with Crippen LogP contribution in [0.5, 0.6) is 0 Å². The van der Waals surface area contributed by atoms with E-state index >= 15 is 0 Å². The van der Waals surface area contributed by atoms with Crippen LogP contribution in [0.3, 0.4) is 0 Å². The van der Waals surface area contributed by atoms with Gasteiger partial charge in [-0.05, 0) is 39.1 Å². The topological polar surface area (TPSA) is 42.4 Å². The van der Waals surface area contributed by atoms with Crippen molar-refractivity contribution in [3.05, 3.63) is 30.1 Å². The highest BCUT2D eigenvalue weighted by Crippen LogP contribution is 2.31. The summed E-state index contributed by atoms with van der Waals surface area (Å²) < 4.78 is 5.18. The summed E-state index contributed by atoms with van der Waals surface area (Å²) in [4.78, 5) is 18.7. The second-order valence-corrected chi connectivity index (χ2v) is 4.77. The lowest BCUT2D eigenvalue weighted by atomic mass is 9.83. The van der Waals surface area contributed by atoms with E-state index in [1.807, 2.05) is 25.1 Å². The Balaban J connectivity index is 2.19. The largest absolute Gasteiger partial charge is 0.466 e. The van der Waals surface area contributed by atoms with E-state index in [0.29, 0.717) is 6.61 Å². The van der Waals surface area contributed by atoms with Gasteiger partial charge in [-0.3, -0.25) is 9.78 Å². The highest BCUT2D eigenvalue weighted by Gasteiger charge is 2.35. The van der Waals surface area contributed by atoms with Gasteiger partial charge in [0.05, 0.1) is 12.5 Å². The fourth-order valence-corrected chi connectivity index (χ4v) is 2.54. The molecule has 1 saturated heterocycles. The lowest BCUT2D eigenvalue weighted by molar-refractivity contribution is -0.150. The molecule has 0 spiro atoms. The SMILES string of the molecule is CCOC(=O)C1CCN(C)CC1c1ccccn1. The average molecular weight is 248 g/mol. The van der Waals surface area contributed by atoms with E-state index in [2.05, 4.69) is 16.9 Å². The maximum Gasteiger partial charge on any atom is 0.309 e. The van der Waals surface area contributed by atoms with Crippen LogP contribution in [-0.2, 0) is 9.53 Å². The van der Waals surface area contributed by atoms with Crippen LogP contribution < -0.4 is 0 Å². The van der Waals surface area contributed by atoms with Gasteiger partial charge in [0, 0.05) is 24.4 Å². The summed E-state index contributed by atoms with van der Waals surface area (Å²) in [6.45, 7) is 4.09. The number of ether oxygens (including phenoxy) is 1. The molecule has 98 valence electrons. The van der Waals surface area contributed by atoms with Crippen molar-refractivity contribution in [2.24, 2.45) is 5.92 Å². The van der Waals surface area contributed by atoms with E-state index < -0.39 is 0 Å². The number of carbonyl (C=O) groups excluding carboxylic acids is 1. The zero-order valence-electron chi connectivity index (χ0n) is 11.0. The number of esters is 1. The van der Waals surface area contributed by atoms with Crippen molar-refractivity contribution >= 4 is 5.97 Å². The average Bonchev–Trinajstić information content (AvgIpc) is 2.40. The fourth-order valence-electron chi connectivity index (χ4n) is 2.54. The summed E-state index contributed by atoms with van der Waals surface area (Å²) in [7, 11) is 2.08. The van der Waals surface area contributed by atoms with Gasteiger partial charge in [-0.2, -0.15) is 0 Å². The van der Waals surface area contributed by atoms with E-state index in [1.165, 1.54) is 0 Å². The van der Waals surface area contributed by atoms with Crippen LogP contribution in [0.2, 0.25) is 0 Å². The monoisotopic (exact) mass is 248 g/mol. The van der Waals surface area contributed by atoms with Gasteiger partial charge < -0.3 is 9.64 Å². The van der Waals surface area contributed by atoms with Crippen LogP contribution in [-0.4, -0.2) is 42.6 Å². The van der Waals surface area contributed by atoms with Crippen molar-refractivity contribution in [1.29, 1.82) is 0 Å². The molecule has 1 aromatic rings. The molecule has 1 aromatic heterocycles. The van der Waals surface area contributed by atoms with Crippen molar-refractivity contribution in [2.45, 2.75) is 19.3 Å². The van der Waals surface area contributed by atoms with Crippen LogP contribution in [0.4, 0.5) is 0 Å². The van der Waals surface area contributed by atoms with Crippen molar-refractivity contribution in [1.82, 2.24) is 9.88 Å². The Hall–Kier alpha value is -1.42. The normalized spacial score (nSPS) is 24.8. The highest BCUT2D eigenvalue weighted by molar-refractivity contribution is 5.73. The molecule has 0 N–H and O–H groups in total. The van der Waals surface area contributed by atoms with Crippen molar-refractivity contribution in [2.75, 3.05) is 26.7 Å². The zero-order valence-corrected chi connectivity index (χ0v) is 11.0. The molecular formula is C14H20N2O2. The third-order valence-electron chi connectivity index (χ3n) is 3.47. The predicted molar refractivity (Wildman–Crippen MR) is 69.2 cm³/mol. The molecule has 18 heavy (non-hydrogen) atoms. The lowest BCUT2D eigenvalue weighted by Gasteiger charge is -2.35. The van der Waals surface area contributed by atoms with Crippen LogP contribution in [0, 0.1) is 5.92 Å². The minimum atomic E-state index is -0.0822. The Labute approximate surface area is 108 Å². The number of likely N-dealkylation sites (tertiary alicyclic amines) is 1. The van der Waals surface area contributed by atoms with E-state index in [-0.39, 0.29) is 17.8 Å². The molecule has 0 radical (unpaired) electrons. The smallest absolute Gasteiger partial charge is 0.309 e. The van der Waals surface area contributed by atoms with Gasteiger partial charge >= 0.3 is 5.97 Å². The van der Waals surface area contributed by atoms with E-state index in [0.717, 1.165) is 25.2 Å². The Bertz CT molecular complexity index is 394. The third-order valence-corrected chi connectivity index (χ3v) is 3.47. The van der Waals surface area contributed by atoms with Gasteiger partial charge in [0.25, 0.3) is 0 Å². The van der Waals surface area contributed by atoms with Crippen molar-refractivity contribution < 1.29 is 9.53 Å². The van der Waals surface area contributed by atoms with E-state index in [9.17, 15) is 4.79 Å². The molecule has 2 heterocycles. The summed E-state index contributed by atoms with van der Waals surface area (Å²) in [6.07, 6.45) is 2.63. The maximum absolute atomic E-state index is 12.0. The highest BCUT2D eigenvalue weighted by atomic mass is 16.5. The van der Waals surface area contributed by atoms with Gasteiger partial charge in [-0.15, -0.1) is 0 Å². The Morgan fingerprint density at radius 2 is 2.39 bits per heavy atom. The molecule has 0 saturated carbocycles. The first-order valence-corrected chi connectivity index (χ1v) is 6.48. The molecule has 2 rings (SSSR count). The number of hydrogen-bond donors (Lipinski definition) is 0. The lowest BCUT2D eigenvalue weighted by Crippen LogP contribution is -2.40. The van der Waals surface area contributed by atoms with E-state index in [1.54, 1.807) is 6.20 Å². The number of nitrogens with zero attached hydrogens (tertiary/aromatic N) is 2. The van der Waals surface area contributed by atoms with Crippen LogP contribution >= 0.6 is 0 Å². The molecule has 0 aliphatic carbocycles. The molecule has 0 amide bonds. The molecule has 4 nitrogen and oxygen atoms in total. The van der Waals surface area contributed by atoms with Crippen LogP contribution in [0.1, 0.15) is 25.0 Å². The summed E-state index contributed by atoms with van der Waals surface area (Å²) in [5.74, 6) is 0.00121. The van der Waals surface area contributed by atoms with Gasteiger partial charge in [-0.25, -0.2) is 0 Å². The predicted octanol–water partition coefficient (Wildman–Crippen LogP) is 1.68. The van der Waals surface area contributed by atoms with Crippen LogP contribution in [0.15, 0.2) is 24.4 Å². The summed E-state index contributed by atoms with van der Waals surface area (Å²) in [5, 5.41) is 0. The van der Waals surface area contributed by atoms with Crippen molar-refractivity contribution in [3.63, 3.8) is 0 Å². The maximum atomic E-state index is 12.0. The standard InChI is InChI=1S/C14H20N2O2/c1-3-18-14(17)11-7-9-16(2)10-12(11)13-6-4-5-8-15-13/h4-6,8,11-12H,3,7,9-10H2,1-2H3. The minimum Gasteiger partial charge on any atom is -0.466 e. The quantitative estimate of drug-likeness (QED) is 0.763. The Kier molecular flexibility index (Phi) is 4.31. The second kappa shape index (κ2) is 5.96. The van der Waals surface area contributed by atoms with Gasteiger partial charge in [0.15, 0.2) is 0 Å². The zero-order chi connectivity index (χ0) is 13.0. The van der Waals surface area contributed by atoms with E-state index in [4.69, 9.17) is 4.74 Å². The number of carbonyl (C=O) groups is 1. The molecule has 0 bridgehead atoms. The van der Waals surface area contributed by atoms with Gasteiger partial charge in [0.2, 0.25) is 0 Å². The van der Waals surface area contributed by atoms with Gasteiger partial charge in [0.1, 0.15) is 0 Å². The first-order chi connectivity index (χ1) is 8.72. The third kappa shape index (κ3) is 2.88. The number of pyridine rings is 1. The Morgan fingerprint density at radius 1 is 1.56 bits per heavy atom. The molecule has 0 aromatic carbocycles. The molecule has 2 unspecified atom stereocenters. The number of aromatic nitrogens is 1. The first kappa shape index (κ1) is 13.0. The summed E-state index contributed by atoms with van der Waals surface area (Å²) in [5.41, 5.74) is 0.988. The van der Waals surface area contributed by atoms with Crippen molar-refractivity contribution in [3.8, 4) is 0 Å². The molecule has 1 aliphatic heterocycles. The number of likely N-dealkylation sites (N-methyl/N-ethyl adjacent to an activating group) is 1. The molecule has 1 aliphatic rings.